The predicted molar refractivity (Wildman–Crippen MR) is 152 cm³/mol. The minimum absolute atomic E-state index is 0.0888. The number of sulfonamides is 1. The number of nitrogens with zero attached hydrogens (tertiary/aromatic N) is 1. The van der Waals surface area contributed by atoms with E-state index < -0.39 is 27.9 Å². The largest absolute Gasteiger partial charge is 0.493 e. The predicted octanol–water partition coefficient (Wildman–Crippen LogP) is 4.90. The van der Waals surface area contributed by atoms with Crippen molar-refractivity contribution in [3.63, 3.8) is 0 Å². The Morgan fingerprint density at radius 1 is 0.950 bits per heavy atom. The van der Waals surface area contributed by atoms with Gasteiger partial charge in [-0.2, -0.15) is 0 Å². The molecule has 1 amide bonds. The smallest absolute Gasteiger partial charge is 0.337 e. The summed E-state index contributed by atoms with van der Waals surface area (Å²) in [5.74, 6) is -0.372. The molecule has 0 saturated heterocycles. The van der Waals surface area contributed by atoms with Crippen molar-refractivity contribution in [3.05, 3.63) is 83.4 Å². The van der Waals surface area contributed by atoms with Crippen molar-refractivity contribution in [2.45, 2.75) is 49.5 Å². The van der Waals surface area contributed by atoms with Gasteiger partial charge in [0.1, 0.15) is 4.90 Å². The highest BCUT2D eigenvalue weighted by atomic mass is 32.2. The average Bonchev–Trinajstić information content (AvgIpc) is 2.97. The van der Waals surface area contributed by atoms with Crippen LogP contribution in [0.5, 0.6) is 11.5 Å². The molecule has 1 fully saturated rings. The molecule has 3 aromatic carbocycles. The molecule has 0 radical (unpaired) electrons. The first-order chi connectivity index (χ1) is 19.2. The lowest BCUT2D eigenvalue weighted by molar-refractivity contribution is 0.0600. The molecule has 1 aliphatic rings. The highest BCUT2D eigenvalue weighted by Crippen LogP contribution is 2.43. The van der Waals surface area contributed by atoms with Gasteiger partial charge in [-0.15, -0.1) is 0 Å². The number of benzene rings is 3. The third kappa shape index (κ3) is 5.77. The van der Waals surface area contributed by atoms with Crippen LogP contribution in [0.25, 0.3) is 0 Å². The molecule has 10 heteroatoms. The van der Waals surface area contributed by atoms with Gasteiger partial charge < -0.3 is 19.9 Å². The second kappa shape index (κ2) is 12.4. The maximum Gasteiger partial charge on any atom is 0.337 e. The number of hydrogen-bond acceptors (Lipinski definition) is 7. The Morgan fingerprint density at radius 3 is 2.30 bits per heavy atom. The zero-order chi connectivity index (χ0) is 28.9. The van der Waals surface area contributed by atoms with Crippen molar-refractivity contribution in [1.82, 2.24) is 0 Å². The van der Waals surface area contributed by atoms with Crippen LogP contribution in [0.3, 0.4) is 0 Å². The molecule has 9 nitrogen and oxygen atoms in total. The van der Waals surface area contributed by atoms with Gasteiger partial charge in [-0.3, -0.25) is 9.10 Å². The van der Waals surface area contributed by atoms with Gasteiger partial charge in [0.15, 0.2) is 11.5 Å². The zero-order valence-electron chi connectivity index (χ0n) is 22.8. The molecular weight excluding hydrogens is 532 g/mol. The van der Waals surface area contributed by atoms with Gasteiger partial charge in [0.2, 0.25) is 5.91 Å². The summed E-state index contributed by atoms with van der Waals surface area (Å²) in [4.78, 5) is 24.2. The highest BCUT2D eigenvalue weighted by Gasteiger charge is 2.40. The number of hydrogen-bond donors (Lipinski definition) is 1. The second-order valence-corrected chi connectivity index (χ2v) is 11.3. The van der Waals surface area contributed by atoms with E-state index in [1.54, 1.807) is 31.4 Å². The average molecular weight is 567 g/mol. The molecule has 0 bridgehead atoms. The Kier molecular flexibility index (Phi) is 8.99. The van der Waals surface area contributed by atoms with E-state index >= 15 is 0 Å². The first kappa shape index (κ1) is 28.9. The lowest BCUT2D eigenvalue weighted by Gasteiger charge is -2.41. The van der Waals surface area contributed by atoms with Gasteiger partial charge in [-0.1, -0.05) is 31.0 Å². The number of methoxy groups -OCH3 is 2. The second-order valence-electron chi connectivity index (χ2n) is 9.50. The summed E-state index contributed by atoms with van der Waals surface area (Å²) in [5.41, 5.74) is 7.07. The third-order valence-corrected chi connectivity index (χ3v) is 9.09. The van der Waals surface area contributed by atoms with Gasteiger partial charge in [-0.25, -0.2) is 13.2 Å². The molecule has 3 aromatic rings. The number of amides is 1. The Balaban J connectivity index is 1.89. The van der Waals surface area contributed by atoms with Crippen molar-refractivity contribution in [3.8, 4) is 11.5 Å². The summed E-state index contributed by atoms with van der Waals surface area (Å²) < 4.78 is 46.4. The van der Waals surface area contributed by atoms with Crippen LogP contribution in [0, 0.1) is 0 Å². The SMILES string of the molecule is CCOc1cc(C2CCCCC2N(c2ccc(C(=O)OC)cc2)S(=O)(=O)c2ccccc2C(N)=O)ccc1OC. The summed E-state index contributed by atoms with van der Waals surface area (Å²) in [6.07, 6.45) is 3.06. The zero-order valence-corrected chi connectivity index (χ0v) is 23.6. The van der Waals surface area contributed by atoms with E-state index in [4.69, 9.17) is 19.9 Å². The highest BCUT2D eigenvalue weighted by molar-refractivity contribution is 7.93. The Labute approximate surface area is 234 Å². The van der Waals surface area contributed by atoms with E-state index in [0.717, 1.165) is 24.8 Å². The first-order valence-corrected chi connectivity index (χ1v) is 14.6. The molecule has 0 aliphatic heterocycles. The fourth-order valence-corrected chi connectivity index (χ4v) is 7.26. The number of esters is 1. The summed E-state index contributed by atoms with van der Waals surface area (Å²) in [6.45, 7) is 2.34. The van der Waals surface area contributed by atoms with E-state index in [1.165, 1.54) is 35.7 Å². The lowest BCUT2D eigenvalue weighted by atomic mass is 9.79. The van der Waals surface area contributed by atoms with Gasteiger partial charge >= 0.3 is 5.97 Å². The molecule has 1 aliphatic carbocycles. The summed E-state index contributed by atoms with van der Waals surface area (Å²) in [7, 11) is -1.43. The summed E-state index contributed by atoms with van der Waals surface area (Å²) >= 11 is 0. The molecule has 2 unspecified atom stereocenters. The van der Waals surface area contributed by atoms with Gasteiger partial charge in [0.25, 0.3) is 10.0 Å². The number of ether oxygens (including phenoxy) is 3. The van der Waals surface area contributed by atoms with Crippen molar-refractivity contribution in [2.75, 3.05) is 25.1 Å². The Hall–Kier alpha value is -4.05. The quantitative estimate of drug-likeness (QED) is 0.346. The van der Waals surface area contributed by atoms with E-state index in [9.17, 15) is 18.0 Å². The Morgan fingerprint density at radius 2 is 1.65 bits per heavy atom. The van der Waals surface area contributed by atoms with Crippen LogP contribution in [-0.4, -0.2) is 47.2 Å². The maximum atomic E-state index is 14.5. The third-order valence-electron chi connectivity index (χ3n) is 7.18. The van der Waals surface area contributed by atoms with Crippen molar-refractivity contribution in [2.24, 2.45) is 5.73 Å². The molecule has 1 saturated carbocycles. The van der Waals surface area contributed by atoms with E-state index in [0.29, 0.717) is 30.2 Å². The van der Waals surface area contributed by atoms with Gasteiger partial charge in [-0.05, 0) is 73.9 Å². The van der Waals surface area contributed by atoms with Gasteiger partial charge in [0.05, 0.1) is 43.7 Å². The summed E-state index contributed by atoms with van der Waals surface area (Å²) in [6, 6.07) is 17.4. The van der Waals surface area contributed by atoms with Crippen LogP contribution in [0.4, 0.5) is 5.69 Å². The standard InChI is InChI=1S/C30H34N2O7S/c1-4-39-27-19-21(15-18-26(27)37-2)23-9-5-7-11-25(23)32(22-16-13-20(14-17-22)30(34)38-3)40(35,36)28-12-8-6-10-24(28)29(31)33/h6,8,10,12-19,23,25H,4-5,7,9,11H2,1-3H3,(H2,31,33). The van der Waals surface area contributed by atoms with E-state index in [2.05, 4.69) is 0 Å². The molecule has 0 spiro atoms. The Bertz CT molecular complexity index is 1470. The minimum atomic E-state index is -4.28. The molecule has 4 rings (SSSR count). The van der Waals surface area contributed by atoms with Crippen LogP contribution >= 0.6 is 0 Å². The first-order valence-electron chi connectivity index (χ1n) is 13.1. The molecule has 2 N–H and O–H groups in total. The summed E-state index contributed by atoms with van der Waals surface area (Å²) in [5, 5.41) is 0. The fraction of sp³-hybridized carbons (Fsp3) is 0.333. The van der Waals surface area contributed by atoms with Crippen molar-refractivity contribution >= 4 is 27.6 Å². The van der Waals surface area contributed by atoms with Crippen molar-refractivity contribution in [1.29, 1.82) is 0 Å². The van der Waals surface area contributed by atoms with Crippen LogP contribution in [-0.2, 0) is 14.8 Å². The van der Waals surface area contributed by atoms with Crippen LogP contribution in [0.1, 0.15) is 64.8 Å². The molecule has 0 aromatic heterocycles. The van der Waals surface area contributed by atoms with E-state index in [-0.39, 0.29) is 21.9 Å². The molecular formula is C30H34N2O7S. The normalized spacial score (nSPS) is 17.1. The molecule has 0 heterocycles. The van der Waals surface area contributed by atoms with Gasteiger partial charge in [0, 0.05) is 5.92 Å². The van der Waals surface area contributed by atoms with Crippen LogP contribution in [0.15, 0.2) is 71.6 Å². The van der Waals surface area contributed by atoms with Crippen molar-refractivity contribution < 1.29 is 32.2 Å². The molecule has 2 atom stereocenters. The maximum absolute atomic E-state index is 14.5. The topological polar surface area (TPSA) is 125 Å². The van der Waals surface area contributed by atoms with Crippen LogP contribution in [0.2, 0.25) is 0 Å². The number of carbonyl (C=O) groups is 2. The number of carbonyl (C=O) groups excluding carboxylic acids is 2. The number of primary amides is 1. The lowest BCUT2D eigenvalue weighted by Crippen LogP contribution is -2.46. The fourth-order valence-electron chi connectivity index (χ4n) is 5.34. The monoisotopic (exact) mass is 566 g/mol. The molecule has 212 valence electrons. The van der Waals surface area contributed by atoms with E-state index in [1.807, 2.05) is 25.1 Å². The number of rotatable bonds is 10. The number of anilines is 1. The van der Waals surface area contributed by atoms with Crippen LogP contribution < -0.4 is 19.5 Å². The molecule has 40 heavy (non-hydrogen) atoms. The number of nitrogens with two attached hydrogens (primary N) is 1. The minimum Gasteiger partial charge on any atom is -0.493 e.